The first-order chi connectivity index (χ1) is 8.52. The van der Waals surface area contributed by atoms with E-state index in [-0.39, 0.29) is 0 Å². The summed E-state index contributed by atoms with van der Waals surface area (Å²) >= 11 is 0. The van der Waals surface area contributed by atoms with E-state index in [1.807, 2.05) is 0 Å². The largest absolute Gasteiger partial charge is 0.345 e. The molecule has 0 aliphatic heterocycles. The van der Waals surface area contributed by atoms with Gasteiger partial charge in [-0.05, 0) is 37.0 Å². The topological polar surface area (TPSA) is 28.7 Å². The Labute approximate surface area is 112 Å². The Morgan fingerprint density at radius 1 is 1.22 bits per heavy atom. The van der Waals surface area contributed by atoms with Gasteiger partial charge in [0.1, 0.15) is 5.82 Å². The van der Waals surface area contributed by atoms with Crippen molar-refractivity contribution in [1.82, 2.24) is 9.97 Å². The number of H-pyrrole nitrogens is 1. The average Bonchev–Trinajstić information content (AvgIpc) is 2.69. The van der Waals surface area contributed by atoms with Crippen LogP contribution in [0.4, 0.5) is 0 Å². The van der Waals surface area contributed by atoms with Crippen LogP contribution in [0.3, 0.4) is 0 Å². The van der Waals surface area contributed by atoms with Crippen LogP contribution in [0.5, 0.6) is 0 Å². The minimum atomic E-state index is 0.565. The summed E-state index contributed by atoms with van der Waals surface area (Å²) < 4.78 is 0. The lowest BCUT2D eigenvalue weighted by Crippen LogP contribution is -2.15. The quantitative estimate of drug-likeness (QED) is 0.844. The van der Waals surface area contributed by atoms with Crippen molar-refractivity contribution in [2.24, 2.45) is 17.8 Å². The third kappa shape index (κ3) is 2.62. The number of imidazole rings is 1. The maximum atomic E-state index is 4.91. The van der Waals surface area contributed by atoms with Gasteiger partial charge in [-0.2, -0.15) is 0 Å². The van der Waals surface area contributed by atoms with Crippen molar-refractivity contribution in [3.8, 4) is 0 Å². The molecule has 1 aliphatic carbocycles. The van der Waals surface area contributed by atoms with Crippen molar-refractivity contribution in [2.45, 2.75) is 66.2 Å². The second-order valence-corrected chi connectivity index (χ2v) is 6.58. The Bertz CT molecular complexity index is 382. The highest BCUT2D eigenvalue weighted by Gasteiger charge is 2.27. The number of hydrogen-bond donors (Lipinski definition) is 1. The Kier molecular flexibility index (Phi) is 4.14. The SMILES string of the molecule is CCC1CCc2nc(C(C(C)C)C(C)C)[nH]c2C1. The summed E-state index contributed by atoms with van der Waals surface area (Å²) in [6.07, 6.45) is 5.00. The zero-order valence-corrected chi connectivity index (χ0v) is 12.6. The molecule has 0 amide bonds. The molecule has 1 aromatic heterocycles. The molecular formula is C16H28N2. The second kappa shape index (κ2) is 5.46. The van der Waals surface area contributed by atoms with E-state index in [1.165, 1.54) is 42.9 Å². The van der Waals surface area contributed by atoms with E-state index in [4.69, 9.17) is 4.98 Å². The van der Waals surface area contributed by atoms with Gasteiger partial charge < -0.3 is 4.98 Å². The fourth-order valence-corrected chi connectivity index (χ4v) is 3.48. The molecule has 0 radical (unpaired) electrons. The Balaban J connectivity index is 2.24. The summed E-state index contributed by atoms with van der Waals surface area (Å²) in [5.41, 5.74) is 2.77. The van der Waals surface area contributed by atoms with Crippen molar-refractivity contribution >= 4 is 0 Å². The molecule has 0 aromatic carbocycles. The van der Waals surface area contributed by atoms with E-state index >= 15 is 0 Å². The van der Waals surface area contributed by atoms with Crippen molar-refractivity contribution in [3.05, 3.63) is 17.2 Å². The van der Waals surface area contributed by atoms with Crippen LogP contribution >= 0.6 is 0 Å². The van der Waals surface area contributed by atoms with Gasteiger partial charge in [-0.1, -0.05) is 41.0 Å². The molecule has 0 bridgehead atoms. The summed E-state index contributed by atoms with van der Waals surface area (Å²) in [7, 11) is 0. The van der Waals surface area contributed by atoms with E-state index < -0.39 is 0 Å². The number of aromatic amines is 1. The minimum Gasteiger partial charge on any atom is -0.345 e. The molecule has 1 unspecified atom stereocenters. The van der Waals surface area contributed by atoms with Gasteiger partial charge in [-0.25, -0.2) is 4.98 Å². The van der Waals surface area contributed by atoms with Gasteiger partial charge in [0.05, 0.1) is 5.69 Å². The second-order valence-electron chi connectivity index (χ2n) is 6.58. The molecule has 102 valence electrons. The van der Waals surface area contributed by atoms with Crippen LogP contribution in [0, 0.1) is 17.8 Å². The molecule has 0 saturated carbocycles. The predicted molar refractivity (Wildman–Crippen MR) is 76.8 cm³/mol. The lowest BCUT2D eigenvalue weighted by Gasteiger charge is -2.22. The van der Waals surface area contributed by atoms with Gasteiger partial charge in [-0.3, -0.25) is 0 Å². The standard InChI is InChI=1S/C16H28N2/c1-6-12-7-8-13-14(9-12)18-16(17-13)15(10(2)3)11(4)5/h10-12,15H,6-9H2,1-5H3,(H,17,18). The number of aromatic nitrogens is 2. The first-order valence-electron chi connectivity index (χ1n) is 7.60. The molecule has 1 atom stereocenters. The summed E-state index contributed by atoms with van der Waals surface area (Å²) in [5, 5.41) is 0. The zero-order chi connectivity index (χ0) is 13.3. The van der Waals surface area contributed by atoms with Crippen molar-refractivity contribution in [2.75, 3.05) is 0 Å². The highest BCUT2D eigenvalue weighted by atomic mass is 15.0. The lowest BCUT2D eigenvalue weighted by molar-refractivity contribution is 0.373. The molecule has 1 aliphatic rings. The maximum absolute atomic E-state index is 4.91. The third-order valence-electron chi connectivity index (χ3n) is 4.49. The number of aryl methyl sites for hydroxylation is 1. The van der Waals surface area contributed by atoms with Crippen LogP contribution in [-0.4, -0.2) is 9.97 Å². The lowest BCUT2D eigenvalue weighted by atomic mass is 9.85. The molecule has 1 N–H and O–H groups in total. The fourth-order valence-electron chi connectivity index (χ4n) is 3.48. The highest BCUT2D eigenvalue weighted by Crippen LogP contribution is 2.33. The van der Waals surface area contributed by atoms with Crippen molar-refractivity contribution in [1.29, 1.82) is 0 Å². The van der Waals surface area contributed by atoms with Crippen molar-refractivity contribution < 1.29 is 0 Å². The molecular weight excluding hydrogens is 220 g/mol. The average molecular weight is 248 g/mol. The first-order valence-corrected chi connectivity index (χ1v) is 7.60. The molecule has 0 spiro atoms. The van der Waals surface area contributed by atoms with Gasteiger partial charge in [0.25, 0.3) is 0 Å². The molecule has 2 nitrogen and oxygen atoms in total. The first kappa shape index (κ1) is 13.6. The van der Waals surface area contributed by atoms with Crippen molar-refractivity contribution in [3.63, 3.8) is 0 Å². The summed E-state index contributed by atoms with van der Waals surface area (Å²) in [6.45, 7) is 11.5. The van der Waals surface area contributed by atoms with Crippen LogP contribution in [0.25, 0.3) is 0 Å². The minimum absolute atomic E-state index is 0.565. The number of nitrogens with zero attached hydrogens (tertiary/aromatic N) is 1. The number of rotatable bonds is 4. The van der Waals surface area contributed by atoms with E-state index in [1.54, 1.807) is 0 Å². The number of fused-ring (bicyclic) bond motifs is 1. The maximum Gasteiger partial charge on any atom is 0.110 e. The monoisotopic (exact) mass is 248 g/mol. The van der Waals surface area contributed by atoms with Gasteiger partial charge in [0.2, 0.25) is 0 Å². The molecule has 2 heteroatoms. The van der Waals surface area contributed by atoms with Gasteiger partial charge in [0, 0.05) is 11.6 Å². The van der Waals surface area contributed by atoms with Crippen LogP contribution in [0.1, 0.15) is 70.6 Å². The number of nitrogens with one attached hydrogen (secondary N) is 1. The molecule has 1 aromatic rings. The fraction of sp³-hybridized carbons (Fsp3) is 0.812. The highest BCUT2D eigenvalue weighted by molar-refractivity contribution is 5.20. The Morgan fingerprint density at radius 3 is 2.44 bits per heavy atom. The van der Waals surface area contributed by atoms with Gasteiger partial charge >= 0.3 is 0 Å². The number of hydrogen-bond acceptors (Lipinski definition) is 1. The zero-order valence-electron chi connectivity index (χ0n) is 12.6. The van der Waals surface area contributed by atoms with Crippen LogP contribution in [0.15, 0.2) is 0 Å². The van der Waals surface area contributed by atoms with E-state index in [0.717, 1.165) is 5.92 Å². The molecule has 18 heavy (non-hydrogen) atoms. The van der Waals surface area contributed by atoms with E-state index in [9.17, 15) is 0 Å². The smallest absolute Gasteiger partial charge is 0.110 e. The van der Waals surface area contributed by atoms with Crippen LogP contribution in [0.2, 0.25) is 0 Å². The normalized spacial score (nSPS) is 19.9. The molecule has 2 rings (SSSR count). The summed E-state index contributed by atoms with van der Waals surface area (Å²) in [5.74, 6) is 3.97. The van der Waals surface area contributed by atoms with Gasteiger partial charge in [-0.15, -0.1) is 0 Å². The van der Waals surface area contributed by atoms with E-state index in [0.29, 0.717) is 17.8 Å². The third-order valence-corrected chi connectivity index (χ3v) is 4.49. The molecule has 0 saturated heterocycles. The molecule has 1 heterocycles. The predicted octanol–water partition coefficient (Wildman–Crippen LogP) is 4.32. The molecule has 0 fully saturated rings. The van der Waals surface area contributed by atoms with Crippen LogP contribution in [-0.2, 0) is 12.8 Å². The van der Waals surface area contributed by atoms with Gasteiger partial charge in [0.15, 0.2) is 0 Å². The summed E-state index contributed by atoms with van der Waals surface area (Å²) in [6, 6.07) is 0. The summed E-state index contributed by atoms with van der Waals surface area (Å²) in [4.78, 5) is 8.56. The Morgan fingerprint density at radius 2 is 1.89 bits per heavy atom. The van der Waals surface area contributed by atoms with E-state index in [2.05, 4.69) is 39.6 Å². The Hall–Kier alpha value is -0.790. The van der Waals surface area contributed by atoms with Crippen LogP contribution < -0.4 is 0 Å².